The van der Waals surface area contributed by atoms with Gasteiger partial charge in [0.25, 0.3) is 5.91 Å². The summed E-state index contributed by atoms with van der Waals surface area (Å²) in [6, 6.07) is 6.78. The number of carbonyl (C=O) groups is 2. The monoisotopic (exact) mass is 450 g/mol. The molecule has 0 spiro atoms. The number of nitrogens with one attached hydrogen (secondary N) is 3. The number of pyridine rings is 1. The van der Waals surface area contributed by atoms with Gasteiger partial charge in [0.05, 0.1) is 17.6 Å². The third kappa shape index (κ3) is 5.94. The van der Waals surface area contributed by atoms with Gasteiger partial charge in [-0.15, -0.1) is 0 Å². The number of benzene rings is 1. The first-order valence-electron chi connectivity index (χ1n) is 11.0. The summed E-state index contributed by atoms with van der Waals surface area (Å²) >= 11 is 0. The highest BCUT2D eigenvalue weighted by Gasteiger charge is 2.27. The normalized spacial score (nSPS) is 14.6. The maximum absolute atomic E-state index is 14.3. The molecule has 1 aromatic carbocycles. The summed E-state index contributed by atoms with van der Waals surface area (Å²) < 4.78 is 15.9. The van der Waals surface area contributed by atoms with E-state index in [9.17, 15) is 14.0 Å². The van der Waals surface area contributed by atoms with E-state index in [1.165, 1.54) is 18.2 Å². The van der Waals surface area contributed by atoms with Gasteiger partial charge in [0, 0.05) is 36.9 Å². The summed E-state index contributed by atoms with van der Waals surface area (Å²) in [4.78, 5) is 30.0. The molecule has 0 aliphatic heterocycles. The molecule has 9 heteroatoms. The fraction of sp³-hybridized carbons (Fsp3) is 0.333. The number of anilines is 3. The lowest BCUT2D eigenvalue weighted by Gasteiger charge is -2.21. The van der Waals surface area contributed by atoms with Crippen LogP contribution in [0.15, 0.2) is 55.1 Å². The first kappa shape index (κ1) is 22.4. The number of aromatic nitrogens is 3. The zero-order valence-corrected chi connectivity index (χ0v) is 18.4. The van der Waals surface area contributed by atoms with Crippen LogP contribution in [0.5, 0.6) is 0 Å². The van der Waals surface area contributed by atoms with Crippen molar-refractivity contribution in [2.45, 2.75) is 38.1 Å². The molecular formula is C24H27FN6O2. The highest BCUT2D eigenvalue weighted by atomic mass is 19.1. The summed E-state index contributed by atoms with van der Waals surface area (Å²) in [5, 5.41) is 12.7. The molecule has 3 aromatic rings. The molecule has 1 unspecified atom stereocenters. The summed E-state index contributed by atoms with van der Waals surface area (Å²) in [5.74, 6) is -0.829. The highest BCUT2D eigenvalue weighted by Crippen LogP contribution is 2.29. The van der Waals surface area contributed by atoms with E-state index in [2.05, 4.69) is 26.0 Å². The number of aryl methyl sites for hydroxylation is 1. The third-order valence-electron chi connectivity index (χ3n) is 5.83. The Kier molecular flexibility index (Phi) is 6.97. The molecule has 1 saturated carbocycles. The lowest BCUT2D eigenvalue weighted by atomic mass is 9.97. The largest absolute Gasteiger partial charge is 0.353 e. The zero-order chi connectivity index (χ0) is 23.2. The minimum Gasteiger partial charge on any atom is -0.353 e. The Morgan fingerprint density at radius 3 is 2.61 bits per heavy atom. The van der Waals surface area contributed by atoms with Gasteiger partial charge in [-0.2, -0.15) is 5.10 Å². The predicted molar refractivity (Wildman–Crippen MR) is 124 cm³/mol. The van der Waals surface area contributed by atoms with Crippen molar-refractivity contribution in [1.29, 1.82) is 0 Å². The van der Waals surface area contributed by atoms with Crippen molar-refractivity contribution in [1.82, 2.24) is 20.1 Å². The number of nitrogens with zero attached hydrogens (tertiary/aromatic N) is 3. The van der Waals surface area contributed by atoms with Crippen LogP contribution in [0.1, 0.15) is 42.5 Å². The molecule has 3 N–H and O–H groups in total. The molecule has 2 heterocycles. The molecule has 0 saturated heterocycles. The molecule has 33 heavy (non-hydrogen) atoms. The summed E-state index contributed by atoms with van der Waals surface area (Å²) in [6.45, 7) is 0. The second-order valence-corrected chi connectivity index (χ2v) is 8.36. The average molecular weight is 451 g/mol. The van der Waals surface area contributed by atoms with Crippen molar-refractivity contribution < 1.29 is 14.0 Å². The van der Waals surface area contributed by atoms with Crippen LogP contribution in [-0.2, 0) is 11.8 Å². The molecule has 172 valence electrons. The zero-order valence-electron chi connectivity index (χ0n) is 18.4. The van der Waals surface area contributed by atoms with Gasteiger partial charge >= 0.3 is 0 Å². The van der Waals surface area contributed by atoms with E-state index < -0.39 is 17.8 Å². The van der Waals surface area contributed by atoms with Gasteiger partial charge in [-0.25, -0.2) is 4.39 Å². The van der Waals surface area contributed by atoms with Crippen LogP contribution in [0, 0.1) is 11.7 Å². The van der Waals surface area contributed by atoms with E-state index >= 15 is 0 Å². The Hall–Kier alpha value is -3.75. The number of amides is 2. The molecular weight excluding hydrogens is 423 g/mol. The summed E-state index contributed by atoms with van der Waals surface area (Å²) in [6.07, 6.45) is 11.4. The van der Waals surface area contributed by atoms with Gasteiger partial charge in [0.15, 0.2) is 0 Å². The van der Waals surface area contributed by atoms with Crippen LogP contribution < -0.4 is 16.0 Å². The van der Waals surface area contributed by atoms with Crippen molar-refractivity contribution in [3.63, 3.8) is 0 Å². The number of halogens is 1. The topological polar surface area (TPSA) is 101 Å². The number of carbonyl (C=O) groups excluding carboxylic acids is 2. The van der Waals surface area contributed by atoms with Crippen LogP contribution in [0.4, 0.5) is 21.5 Å². The quantitative estimate of drug-likeness (QED) is 0.481. The van der Waals surface area contributed by atoms with Crippen LogP contribution in [0.2, 0.25) is 0 Å². The Morgan fingerprint density at radius 2 is 1.91 bits per heavy atom. The number of rotatable bonds is 8. The van der Waals surface area contributed by atoms with E-state index in [0.717, 1.165) is 25.7 Å². The van der Waals surface area contributed by atoms with Gasteiger partial charge in [-0.1, -0.05) is 25.7 Å². The molecule has 2 amide bonds. The van der Waals surface area contributed by atoms with Gasteiger partial charge in [0.2, 0.25) is 5.91 Å². The Balaban J connectivity index is 1.49. The Bertz CT molecular complexity index is 1110. The van der Waals surface area contributed by atoms with Crippen molar-refractivity contribution in [2.24, 2.45) is 13.0 Å². The van der Waals surface area contributed by atoms with Gasteiger partial charge < -0.3 is 16.0 Å². The van der Waals surface area contributed by atoms with Crippen LogP contribution in [0.25, 0.3) is 0 Å². The third-order valence-corrected chi connectivity index (χ3v) is 5.83. The fourth-order valence-electron chi connectivity index (χ4n) is 4.12. The minimum atomic E-state index is -0.706. The lowest BCUT2D eigenvalue weighted by molar-refractivity contribution is -0.118. The molecule has 8 nitrogen and oxygen atoms in total. The number of hydrogen-bond acceptors (Lipinski definition) is 5. The van der Waals surface area contributed by atoms with Gasteiger partial charge in [-0.3, -0.25) is 19.3 Å². The molecule has 1 aliphatic carbocycles. The Labute approximate surface area is 191 Å². The van der Waals surface area contributed by atoms with Crippen molar-refractivity contribution in [3.05, 3.63) is 66.5 Å². The highest BCUT2D eigenvalue weighted by molar-refractivity contribution is 6.01. The predicted octanol–water partition coefficient (Wildman–Crippen LogP) is 4.02. The molecule has 4 rings (SSSR count). The first-order chi connectivity index (χ1) is 16.0. The van der Waals surface area contributed by atoms with E-state index in [1.807, 2.05) is 0 Å². The average Bonchev–Trinajstić information content (AvgIpc) is 3.47. The fourth-order valence-corrected chi connectivity index (χ4v) is 4.12. The molecule has 2 aromatic heterocycles. The first-order valence-corrected chi connectivity index (χ1v) is 11.0. The molecule has 0 bridgehead atoms. The second-order valence-electron chi connectivity index (χ2n) is 8.36. The van der Waals surface area contributed by atoms with E-state index in [1.54, 1.807) is 48.6 Å². The summed E-state index contributed by atoms with van der Waals surface area (Å²) in [7, 11) is 1.76. The number of hydrogen-bond donors (Lipinski definition) is 3. The van der Waals surface area contributed by atoms with Crippen LogP contribution >= 0.6 is 0 Å². The molecule has 1 atom stereocenters. The van der Waals surface area contributed by atoms with E-state index in [0.29, 0.717) is 23.7 Å². The smallest absolute Gasteiger partial charge is 0.252 e. The van der Waals surface area contributed by atoms with Gasteiger partial charge in [0.1, 0.15) is 11.9 Å². The molecule has 1 fully saturated rings. The summed E-state index contributed by atoms with van der Waals surface area (Å²) in [5.41, 5.74) is 1.65. The van der Waals surface area contributed by atoms with Crippen LogP contribution in [-0.4, -0.2) is 32.6 Å². The molecule has 0 radical (unpaired) electrons. The van der Waals surface area contributed by atoms with Gasteiger partial charge in [-0.05, 0) is 42.7 Å². The van der Waals surface area contributed by atoms with Crippen molar-refractivity contribution >= 4 is 28.9 Å². The SMILES string of the molecule is Cn1cc(NC(=O)C(CC2CCCC2)NC(=O)c2ccc(F)c(Nc3ccncc3)c2)cn1. The molecule has 1 aliphatic rings. The maximum atomic E-state index is 14.3. The van der Waals surface area contributed by atoms with Crippen LogP contribution in [0.3, 0.4) is 0 Å². The van der Waals surface area contributed by atoms with Crippen molar-refractivity contribution in [3.8, 4) is 0 Å². The van der Waals surface area contributed by atoms with E-state index in [-0.39, 0.29) is 17.2 Å². The maximum Gasteiger partial charge on any atom is 0.252 e. The van der Waals surface area contributed by atoms with Crippen molar-refractivity contribution in [2.75, 3.05) is 10.6 Å². The minimum absolute atomic E-state index is 0.168. The Morgan fingerprint density at radius 1 is 1.15 bits per heavy atom. The standard InChI is InChI=1S/C24H27FN6O2/c1-31-15-19(14-27-31)29-24(33)22(12-16-4-2-3-5-16)30-23(32)17-6-7-20(25)21(13-17)28-18-8-10-26-11-9-18/h6-11,13-16,22H,2-5,12H2,1H3,(H,26,28)(H,29,33)(H,30,32). The lowest BCUT2D eigenvalue weighted by Crippen LogP contribution is -2.44. The second kappa shape index (κ2) is 10.2. The van der Waals surface area contributed by atoms with E-state index in [4.69, 9.17) is 0 Å².